The predicted octanol–water partition coefficient (Wildman–Crippen LogP) is 1.24. The highest BCUT2D eigenvalue weighted by molar-refractivity contribution is 5.88. The van der Waals surface area contributed by atoms with Crippen LogP contribution in [0.5, 0.6) is 0 Å². The number of hydrogen-bond acceptors (Lipinski definition) is 3. The molecule has 6 nitrogen and oxygen atoms in total. The Morgan fingerprint density at radius 1 is 1.25 bits per heavy atom. The average Bonchev–Trinajstić information content (AvgIpc) is 2.95. The molecule has 0 bridgehead atoms. The number of carbonyl (C=O) groups is 2. The van der Waals surface area contributed by atoms with E-state index < -0.39 is 6.04 Å². The molecule has 0 spiro atoms. The van der Waals surface area contributed by atoms with Gasteiger partial charge in [0.15, 0.2) is 0 Å². The van der Waals surface area contributed by atoms with Gasteiger partial charge in [0.25, 0.3) is 5.91 Å². The fourth-order valence-electron chi connectivity index (χ4n) is 2.28. The summed E-state index contributed by atoms with van der Waals surface area (Å²) in [6.45, 7) is 2.62. The summed E-state index contributed by atoms with van der Waals surface area (Å²) in [4.78, 5) is 25.3. The molecule has 20 heavy (non-hydrogen) atoms. The Kier molecular flexibility index (Phi) is 4.45. The van der Waals surface area contributed by atoms with Crippen molar-refractivity contribution in [2.45, 2.75) is 25.8 Å². The minimum atomic E-state index is -0.409. The van der Waals surface area contributed by atoms with Gasteiger partial charge in [-0.15, -0.1) is 0 Å². The first-order chi connectivity index (χ1) is 9.61. The van der Waals surface area contributed by atoms with Crippen LogP contribution in [0.1, 0.15) is 18.4 Å². The summed E-state index contributed by atoms with van der Waals surface area (Å²) in [6, 6.07) is 7.08. The summed E-state index contributed by atoms with van der Waals surface area (Å²) in [5.74, 6) is -0.188. The molecule has 0 aliphatic carbocycles. The van der Waals surface area contributed by atoms with E-state index in [-0.39, 0.29) is 11.9 Å². The molecule has 1 saturated heterocycles. The molecule has 1 atom stereocenters. The Labute approximate surface area is 118 Å². The maximum atomic E-state index is 12.1. The molecule has 0 saturated carbocycles. The summed E-state index contributed by atoms with van der Waals surface area (Å²) in [5.41, 5.74) is 7.50. The van der Waals surface area contributed by atoms with Crippen LogP contribution >= 0.6 is 0 Å². The Bertz CT molecular complexity index is 486. The van der Waals surface area contributed by atoms with E-state index in [1.54, 1.807) is 11.9 Å². The van der Waals surface area contributed by atoms with Crippen molar-refractivity contribution >= 4 is 17.6 Å². The van der Waals surface area contributed by atoms with E-state index in [1.165, 1.54) is 0 Å². The van der Waals surface area contributed by atoms with Gasteiger partial charge in [-0.25, -0.2) is 4.79 Å². The highest BCUT2D eigenvalue weighted by atomic mass is 16.2. The number of likely N-dealkylation sites (tertiary alicyclic amines) is 1. The lowest BCUT2D eigenvalue weighted by Gasteiger charge is -2.23. The number of rotatable bonds is 3. The maximum absolute atomic E-state index is 12.1. The van der Waals surface area contributed by atoms with Crippen molar-refractivity contribution in [1.82, 2.24) is 15.6 Å². The molecule has 1 aromatic rings. The zero-order valence-corrected chi connectivity index (χ0v) is 11.8. The topological polar surface area (TPSA) is 73.5 Å². The Balaban J connectivity index is 1.91. The molecule has 1 unspecified atom stereocenters. The molecular weight excluding hydrogens is 256 g/mol. The normalized spacial score (nSPS) is 17.7. The minimum Gasteiger partial charge on any atom is -0.341 e. The van der Waals surface area contributed by atoms with E-state index >= 15 is 0 Å². The van der Waals surface area contributed by atoms with Crippen LogP contribution in [-0.2, 0) is 4.79 Å². The van der Waals surface area contributed by atoms with Gasteiger partial charge < -0.3 is 10.2 Å². The van der Waals surface area contributed by atoms with Gasteiger partial charge in [0.05, 0.1) is 5.69 Å². The molecule has 1 heterocycles. The van der Waals surface area contributed by atoms with E-state index in [0.29, 0.717) is 13.0 Å². The number of hydrazine groups is 1. The molecule has 0 radical (unpaired) electrons. The molecule has 0 aromatic heterocycles. The number of benzene rings is 1. The summed E-state index contributed by atoms with van der Waals surface area (Å²) >= 11 is 0. The Hall–Kier alpha value is -2.24. The lowest BCUT2D eigenvalue weighted by molar-refractivity contribution is -0.124. The number of amides is 3. The van der Waals surface area contributed by atoms with Gasteiger partial charge in [0, 0.05) is 13.6 Å². The fraction of sp³-hybridized carbons (Fsp3) is 0.429. The van der Waals surface area contributed by atoms with Gasteiger partial charge in [-0.05, 0) is 31.9 Å². The Morgan fingerprint density at radius 3 is 2.60 bits per heavy atom. The van der Waals surface area contributed by atoms with Crippen LogP contribution in [0.25, 0.3) is 0 Å². The number of carbonyl (C=O) groups excluding carboxylic acids is 2. The number of nitrogens with one attached hydrogen (secondary N) is 3. The lowest BCUT2D eigenvalue weighted by atomic mass is 10.2. The van der Waals surface area contributed by atoms with Crippen molar-refractivity contribution in [2.24, 2.45) is 0 Å². The van der Waals surface area contributed by atoms with Crippen LogP contribution in [0.3, 0.4) is 0 Å². The smallest absolute Gasteiger partial charge is 0.317 e. The summed E-state index contributed by atoms with van der Waals surface area (Å²) < 4.78 is 0. The molecule has 1 fully saturated rings. The third kappa shape index (κ3) is 3.20. The molecule has 1 aliphatic heterocycles. The van der Waals surface area contributed by atoms with Gasteiger partial charge in [-0.3, -0.25) is 15.6 Å². The van der Waals surface area contributed by atoms with Crippen molar-refractivity contribution < 1.29 is 9.59 Å². The molecule has 3 N–H and O–H groups in total. The number of nitrogens with zero attached hydrogens (tertiary/aromatic N) is 1. The second-order valence-corrected chi connectivity index (χ2v) is 4.89. The van der Waals surface area contributed by atoms with Crippen LogP contribution in [0.15, 0.2) is 24.3 Å². The summed E-state index contributed by atoms with van der Waals surface area (Å²) in [6.07, 6.45) is 1.53. The van der Waals surface area contributed by atoms with Crippen molar-refractivity contribution in [2.75, 3.05) is 19.0 Å². The number of aryl methyl sites for hydroxylation is 1. The minimum absolute atomic E-state index is 0.188. The molecule has 1 aromatic carbocycles. The fourth-order valence-corrected chi connectivity index (χ4v) is 2.28. The van der Waals surface area contributed by atoms with E-state index in [9.17, 15) is 9.59 Å². The van der Waals surface area contributed by atoms with Gasteiger partial charge in [0.1, 0.15) is 6.04 Å². The largest absolute Gasteiger partial charge is 0.341 e. The quantitative estimate of drug-likeness (QED) is 0.727. The van der Waals surface area contributed by atoms with Crippen LogP contribution in [-0.4, -0.2) is 36.5 Å². The first-order valence-electron chi connectivity index (χ1n) is 6.72. The van der Waals surface area contributed by atoms with Crippen molar-refractivity contribution in [1.29, 1.82) is 0 Å². The van der Waals surface area contributed by atoms with Gasteiger partial charge in [-0.2, -0.15) is 0 Å². The summed E-state index contributed by atoms with van der Waals surface area (Å²) in [5, 5.41) is 2.56. The SMILES string of the molecule is CNC(=O)N1CCCC1C(=O)NNc1ccc(C)cc1. The molecule has 6 heteroatoms. The molecular formula is C14H20N4O2. The third-order valence-corrected chi connectivity index (χ3v) is 3.41. The molecule has 3 amide bonds. The van der Waals surface area contributed by atoms with Gasteiger partial charge in [-0.1, -0.05) is 17.7 Å². The average molecular weight is 276 g/mol. The van der Waals surface area contributed by atoms with Crippen LogP contribution in [0.4, 0.5) is 10.5 Å². The van der Waals surface area contributed by atoms with Crippen molar-refractivity contribution in [3.8, 4) is 0 Å². The maximum Gasteiger partial charge on any atom is 0.317 e. The first-order valence-corrected chi connectivity index (χ1v) is 6.72. The molecule has 1 aliphatic rings. The Morgan fingerprint density at radius 2 is 1.95 bits per heavy atom. The summed E-state index contributed by atoms with van der Waals surface area (Å²) in [7, 11) is 1.57. The van der Waals surface area contributed by atoms with Crippen LogP contribution in [0.2, 0.25) is 0 Å². The number of anilines is 1. The zero-order chi connectivity index (χ0) is 14.5. The zero-order valence-electron chi connectivity index (χ0n) is 11.8. The second kappa shape index (κ2) is 6.27. The standard InChI is InChI=1S/C14H20N4O2/c1-10-5-7-11(8-6-10)16-17-13(19)12-4-3-9-18(12)14(20)15-2/h5-8,12,16H,3-4,9H2,1-2H3,(H,15,20)(H,17,19). The van der Waals surface area contributed by atoms with E-state index in [0.717, 1.165) is 17.7 Å². The van der Waals surface area contributed by atoms with Crippen LogP contribution < -0.4 is 16.2 Å². The highest BCUT2D eigenvalue weighted by Gasteiger charge is 2.33. The van der Waals surface area contributed by atoms with Gasteiger partial charge >= 0.3 is 6.03 Å². The lowest BCUT2D eigenvalue weighted by Crippen LogP contribution is -2.49. The molecule has 2 rings (SSSR count). The highest BCUT2D eigenvalue weighted by Crippen LogP contribution is 2.17. The van der Waals surface area contributed by atoms with E-state index in [4.69, 9.17) is 0 Å². The van der Waals surface area contributed by atoms with E-state index in [1.807, 2.05) is 31.2 Å². The first kappa shape index (κ1) is 14.2. The van der Waals surface area contributed by atoms with Gasteiger partial charge in [0.2, 0.25) is 0 Å². The van der Waals surface area contributed by atoms with Crippen molar-refractivity contribution in [3.63, 3.8) is 0 Å². The third-order valence-electron chi connectivity index (χ3n) is 3.41. The van der Waals surface area contributed by atoms with Crippen molar-refractivity contribution in [3.05, 3.63) is 29.8 Å². The molecule has 108 valence electrons. The van der Waals surface area contributed by atoms with Crippen LogP contribution in [0, 0.1) is 6.92 Å². The predicted molar refractivity (Wildman–Crippen MR) is 77.1 cm³/mol. The monoisotopic (exact) mass is 276 g/mol. The number of hydrogen-bond donors (Lipinski definition) is 3. The second-order valence-electron chi connectivity index (χ2n) is 4.89. The van der Waals surface area contributed by atoms with E-state index in [2.05, 4.69) is 16.2 Å². The number of urea groups is 1.